The second-order valence-electron chi connectivity index (χ2n) is 18.3. The lowest BCUT2D eigenvalue weighted by atomic mass is 9.99. The first kappa shape index (κ1) is 59.9. The molecule has 0 aliphatic carbocycles. The highest BCUT2D eigenvalue weighted by molar-refractivity contribution is 5.76. The predicted molar refractivity (Wildman–Crippen MR) is 267 cm³/mol. The maximum absolute atomic E-state index is 13.0. The molecule has 0 radical (unpaired) electrons. The molecule has 0 aromatic heterocycles. The van der Waals surface area contributed by atoms with Crippen molar-refractivity contribution in [1.29, 1.82) is 0 Å². The fourth-order valence-corrected chi connectivity index (χ4v) is 8.11. The van der Waals surface area contributed by atoms with Gasteiger partial charge in [0, 0.05) is 6.42 Å². The van der Waals surface area contributed by atoms with Crippen LogP contribution >= 0.6 is 0 Å². The van der Waals surface area contributed by atoms with Crippen LogP contribution in [0.2, 0.25) is 0 Å². The van der Waals surface area contributed by atoms with Crippen LogP contribution in [0, 0.1) is 0 Å². The van der Waals surface area contributed by atoms with E-state index in [0.29, 0.717) is 6.42 Å². The summed E-state index contributed by atoms with van der Waals surface area (Å²) in [7, 11) is 0. The fraction of sp³-hybridized carbons (Fsp3) is 0.800. The molecule has 7 unspecified atom stereocenters. The number of rotatable bonds is 44. The van der Waals surface area contributed by atoms with Gasteiger partial charge in [-0.15, -0.1) is 0 Å². The largest absolute Gasteiger partial charge is 0.394 e. The number of carbonyl (C=O) groups is 1. The average Bonchev–Trinajstić information content (AvgIpc) is 3.29. The third-order valence-electron chi connectivity index (χ3n) is 12.3. The van der Waals surface area contributed by atoms with E-state index in [2.05, 4.69) is 67.8 Å². The maximum atomic E-state index is 13.0. The highest BCUT2D eigenvalue weighted by atomic mass is 16.7. The van der Waals surface area contributed by atoms with E-state index in [1.807, 2.05) is 6.08 Å². The van der Waals surface area contributed by atoms with Gasteiger partial charge in [0.25, 0.3) is 0 Å². The normalized spacial score (nSPS) is 20.5. The van der Waals surface area contributed by atoms with E-state index in [0.717, 1.165) is 57.8 Å². The van der Waals surface area contributed by atoms with Gasteiger partial charge in [-0.05, 0) is 70.6 Å². The molecule has 0 aromatic rings. The molecule has 1 heterocycles. The summed E-state index contributed by atoms with van der Waals surface area (Å²) in [6.07, 6.45) is 53.1. The quantitative estimate of drug-likeness (QED) is 0.0262. The molecule has 6 N–H and O–H groups in total. The Morgan fingerprint density at radius 1 is 0.547 bits per heavy atom. The molecule has 64 heavy (non-hydrogen) atoms. The van der Waals surface area contributed by atoms with Crippen molar-refractivity contribution in [3.63, 3.8) is 0 Å². The minimum Gasteiger partial charge on any atom is -0.394 e. The standard InChI is InChI=1S/C55H99NO8/c1-3-5-7-9-11-13-15-16-17-18-19-20-21-22-23-24-25-26-27-28-29-30-31-32-33-34-35-37-39-41-43-45-51(59)56-48(47-63-55-54(62)53(61)52(60)50(46-57)64-55)49(58)44-42-40-38-36-14-12-10-8-6-4-2/h6,8,14,19-20,22-23,36,42,44,48-50,52-55,57-58,60-62H,3-5,7,9-13,15-18,21,24-35,37-41,43,45-47H2,1-2H3,(H,56,59)/b8-6+,20-19-,23-22-,36-14+,44-42+. The molecule has 0 aromatic carbocycles. The van der Waals surface area contributed by atoms with Crippen molar-refractivity contribution in [1.82, 2.24) is 5.32 Å². The Hall–Kier alpha value is -2.11. The van der Waals surface area contributed by atoms with Crippen LogP contribution in [0.1, 0.15) is 226 Å². The molecule has 1 rings (SSSR count). The summed E-state index contributed by atoms with van der Waals surface area (Å²) < 4.78 is 11.2. The Labute approximate surface area is 392 Å². The maximum Gasteiger partial charge on any atom is 0.220 e. The number of ether oxygens (including phenoxy) is 2. The number of amides is 1. The third-order valence-corrected chi connectivity index (χ3v) is 12.3. The molecule has 9 heteroatoms. The minimum absolute atomic E-state index is 0.194. The molecule has 1 fully saturated rings. The van der Waals surface area contributed by atoms with E-state index in [4.69, 9.17) is 9.47 Å². The van der Waals surface area contributed by atoms with Crippen molar-refractivity contribution >= 4 is 5.91 Å². The van der Waals surface area contributed by atoms with Gasteiger partial charge >= 0.3 is 0 Å². The number of nitrogens with one attached hydrogen (secondary N) is 1. The van der Waals surface area contributed by atoms with Gasteiger partial charge in [0.1, 0.15) is 24.4 Å². The summed E-state index contributed by atoms with van der Waals surface area (Å²) in [6.45, 7) is 3.63. The SMILES string of the molecule is CC/C=C/CC/C=C/CC/C=C/C(O)C(COC1OC(CO)C(O)C(O)C1O)NC(=O)CCCCCCCCCCCCCCCCC/C=C\C/C=C\CCCCCCCCCCC. The second-order valence-corrected chi connectivity index (χ2v) is 18.3. The second kappa shape index (κ2) is 44.7. The predicted octanol–water partition coefficient (Wildman–Crippen LogP) is 12.3. The molecule has 1 saturated heterocycles. The van der Waals surface area contributed by atoms with Crippen molar-refractivity contribution < 1.29 is 39.8 Å². The van der Waals surface area contributed by atoms with Crippen LogP contribution in [0.25, 0.3) is 0 Å². The van der Waals surface area contributed by atoms with Crippen LogP contribution in [0.3, 0.4) is 0 Å². The first-order valence-electron chi connectivity index (χ1n) is 26.5. The Bertz CT molecular complexity index is 1180. The van der Waals surface area contributed by atoms with Crippen molar-refractivity contribution in [2.45, 2.75) is 269 Å². The lowest BCUT2D eigenvalue weighted by Crippen LogP contribution is -2.60. The van der Waals surface area contributed by atoms with Crippen LogP contribution in [0.15, 0.2) is 60.8 Å². The van der Waals surface area contributed by atoms with Crippen molar-refractivity contribution in [3.05, 3.63) is 60.8 Å². The number of unbranched alkanes of at least 4 members (excludes halogenated alkanes) is 26. The highest BCUT2D eigenvalue weighted by Gasteiger charge is 2.44. The van der Waals surface area contributed by atoms with Gasteiger partial charge in [-0.2, -0.15) is 0 Å². The summed E-state index contributed by atoms with van der Waals surface area (Å²) in [5.74, 6) is -0.194. The first-order valence-corrected chi connectivity index (χ1v) is 26.5. The monoisotopic (exact) mass is 902 g/mol. The minimum atomic E-state index is -1.57. The van der Waals surface area contributed by atoms with Gasteiger partial charge in [0.15, 0.2) is 6.29 Å². The van der Waals surface area contributed by atoms with Crippen LogP contribution in [-0.2, 0) is 14.3 Å². The van der Waals surface area contributed by atoms with E-state index in [1.165, 1.54) is 148 Å². The third kappa shape index (κ3) is 34.2. The summed E-state index contributed by atoms with van der Waals surface area (Å²) >= 11 is 0. The number of hydrogen-bond acceptors (Lipinski definition) is 8. The van der Waals surface area contributed by atoms with Gasteiger partial charge in [-0.1, -0.05) is 209 Å². The van der Waals surface area contributed by atoms with Crippen molar-refractivity contribution in [2.75, 3.05) is 13.2 Å². The van der Waals surface area contributed by atoms with E-state index < -0.39 is 49.5 Å². The lowest BCUT2D eigenvalue weighted by Gasteiger charge is -2.40. The molecular formula is C55H99NO8. The first-order chi connectivity index (χ1) is 31.3. The van der Waals surface area contributed by atoms with Crippen LogP contribution in [-0.4, -0.2) is 87.5 Å². The molecule has 0 saturated carbocycles. The van der Waals surface area contributed by atoms with Crippen LogP contribution in [0.4, 0.5) is 0 Å². The Kier molecular flexibility index (Phi) is 41.9. The topological polar surface area (TPSA) is 149 Å². The summed E-state index contributed by atoms with van der Waals surface area (Å²) in [4.78, 5) is 13.0. The lowest BCUT2D eigenvalue weighted by molar-refractivity contribution is -0.302. The van der Waals surface area contributed by atoms with E-state index in [9.17, 15) is 30.3 Å². The molecule has 9 nitrogen and oxygen atoms in total. The Morgan fingerprint density at radius 2 is 0.984 bits per heavy atom. The molecular weight excluding hydrogens is 803 g/mol. The van der Waals surface area contributed by atoms with Crippen LogP contribution in [0.5, 0.6) is 0 Å². The smallest absolute Gasteiger partial charge is 0.220 e. The molecule has 1 amide bonds. The van der Waals surface area contributed by atoms with E-state index in [-0.39, 0.29) is 12.5 Å². The van der Waals surface area contributed by atoms with E-state index in [1.54, 1.807) is 6.08 Å². The van der Waals surface area contributed by atoms with Crippen molar-refractivity contribution in [3.8, 4) is 0 Å². The number of allylic oxidation sites excluding steroid dienone is 9. The van der Waals surface area contributed by atoms with Crippen LogP contribution < -0.4 is 5.32 Å². The molecule has 1 aliphatic heterocycles. The molecule has 372 valence electrons. The molecule has 0 bridgehead atoms. The summed E-state index contributed by atoms with van der Waals surface area (Å²) in [5, 5.41) is 54.1. The fourth-order valence-electron chi connectivity index (χ4n) is 8.11. The van der Waals surface area contributed by atoms with E-state index >= 15 is 0 Å². The number of aliphatic hydroxyl groups excluding tert-OH is 5. The number of aliphatic hydroxyl groups is 5. The van der Waals surface area contributed by atoms with Gasteiger partial charge in [-0.3, -0.25) is 4.79 Å². The van der Waals surface area contributed by atoms with Crippen molar-refractivity contribution in [2.24, 2.45) is 0 Å². The number of hydrogen-bond donors (Lipinski definition) is 6. The summed E-state index contributed by atoms with van der Waals surface area (Å²) in [6, 6.07) is -0.828. The Morgan fingerprint density at radius 3 is 1.47 bits per heavy atom. The van der Waals surface area contributed by atoms with Gasteiger partial charge in [0.2, 0.25) is 5.91 Å². The van der Waals surface area contributed by atoms with Gasteiger partial charge in [0.05, 0.1) is 25.4 Å². The zero-order valence-electron chi connectivity index (χ0n) is 41.0. The number of carbonyl (C=O) groups excluding carboxylic acids is 1. The summed E-state index contributed by atoms with van der Waals surface area (Å²) in [5.41, 5.74) is 0. The highest BCUT2D eigenvalue weighted by Crippen LogP contribution is 2.23. The molecule has 0 spiro atoms. The van der Waals surface area contributed by atoms with Gasteiger partial charge < -0.3 is 40.3 Å². The van der Waals surface area contributed by atoms with Gasteiger partial charge in [-0.25, -0.2) is 0 Å². The Balaban J connectivity index is 2.13. The zero-order valence-corrected chi connectivity index (χ0v) is 41.0. The molecule has 1 aliphatic rings. The molecule has 7 atom stereocenters. The zero-order chi connectivity index (χ0) is 46.6. The average molecular weight is 902 g/mol.